The van der Waals surface area contributed by atoms with Gasteiger partial charge in [0.05, 0.1) is 22.2 Å². The van der Waals surface area contributed by atoms with Gasteiger partial charge >= 0.3 is 5.69 Å². The number of phenolic OH excluding ortho intramolecular Hbond substituents is 1. The minimum Gasteiger partial charge on any atom is -0.507 e. The van der Waals surface area contributed by atoms with Crippen molar-refractivity contribution >= 4 is 33.7 Å². The zero-order valence-corrected chi connectivity index (χ0v) is 22.9. The van der Waals surface area contributed by atoms with E-state index >= 15 is 4.39 Å². The van der Waals surface area contributed by atoms with E-state index in [9.17, 15) is 19.1 Å². The third-order valence-corrected chi connectivity index (χ3v) is 7.60. The van der Waals surface area contributed by atoms with Gasteiger partial charge in [-0.15, -0.1) is 0 Å². The van der Waals surface area contributed by atoms with Crippen molar-refractivity contribution < 1.29 is 18.7 Å². The SMILES string of the molecule is C=CC(=O)N1CCN(c2nc(=O)n(-c3c(C)ccc4ncccc34)c3nc(-c4c(O)cccc4F)c(F)cc23)C(C)C1. The second-order valence-corrected chi connectivity index (χ2v) is 10.2. The standard InChI is InChI=1S/C31H26F2N6O3/c1-4-25(41)37-13-14-38(18(3)16-37)29-20-15-22(33)27(26-21(32)8-5-9-24(26)40)35-30(20)39(31(42)36-29)28-17(2)10-11-23-19(28)7-6-12-34-23/h4-12,15,18,40H,1,13-14,16H2,2-3H3. The molecule has 11 heteroatoms. The average Bonchev–Trinajstić information content (AvgIpc) is 2.97. The largest absolute Gasteiger partial charge is 0.507 e. The van der Waals surface area contributed by atoms with E-state index in [1.165, 1.54) is 22.8 Å². The number of anilines is 1. The predicted molar refractivity (Wildman–Crippen MR) is 156 cm³/mol. The van der Waals surface area contributed by atoms with Crippen molar-refractivity contribution in [3.05, 3.63) is 95.1 Å². The van der Waals surface area contributed by atoms with Crippen molar-refractivity contribution in [1.29, 1.82) is 0 Å². The number of piperazine rings is 1. The summed E-state index contributed by atoms with van der Waals surface area (Å²) in [6.45, 7) is 8.24. The van der Waals surface area contributed by atoms with Crippen LogP contribution in [-0.2, 0) is 4.79 Å². The van der Waals surface area contributed by atoms with E-state index in [4.69, 9.17) is 0 Å². The number of phenols is 1. The second-order valence-electron chi connectivity index (χ2n) is 10.2. The lowest BCUT2D eigenvalue weighted by Crippen LogP contribution is -2.54. The maximum atomic E-state index is 15.8. The molecule has 1 N–H and O–H groups in total. The van der Waals surface area contributed by atoms with Gasteiger partial charge in [0.25, 0.3) is 0 Å². The van der Waals surface area contributed by atoms with Crippen LogP contribution < -0.4 is 10.6 Å². The van der Waals surface area contributed by atoms with Crippen LogP contribution in [0, 0.1) is 18.6 Å². The number of aryl methyl sites for hydroxylation is 1. The van der Waals surface area contributed by atoms with Crippen LogP contribution in [0.3, 0.4) is 0 Å². The number of rotatable bonds is 4. The number of hydrogen-bond donors (Lipinski definition) is 1. The van der Waals surface area contributed by atoms with Crippen LogP contribution in [0.2, 0.25) is 0 Å². The monoisotopic (exact) mass is 568 g/mol. The summed E-state index contributed by atoms with van der Waals surface area (Å²) < 4.78 is 32.1. The minimum absolute atomic E-state index is 0.0281. The van der Waals surface area contributed by atoms with Gasteiger partial charge in [-0.05, 0) is 61.9 Å². The Labute approximate surface area is 239 Å². The number of hydrogen-bond acceptors (Lipinski definition) is 7. The Morgan fingerprint density at radius 1 is 1.07 bits per heavy atom. The van der Waals surface area contributed by atoms with Crippen molar-refractivity contribution in [3.63, 3.8) is 0 Å². The average molecular weight is 569 g/mol. The van der Waals surface area contributed by atoms with E-state index in [1.54, 1.807) is 17.2 Å². The quantitative estimate of drug-likeness (QED) is 0.318. The number of aromatic hydroxyl groups is 1. The molecule has 2 aromatic carbocycles. The fourth-order valence-corrected chi connectivity index (χ4v) is 5.59. The van der Waals surface area contributed by atoms with Gasteiger partial charge in [0.2, 0.25) is 5.91 Å². The van der Waals surface area contributed by atoms with E-state index in [2.05, 4.69) is 21.5 Å². The first-order valence-electron chi connectivity index (χ1n) is 13.3. The number of carbonyl (C=O) groups is 1. The first-order chi connectivity index (χ1) is 20.2. The first kappa shape index (κ1) is 27.0. The lowest BCUT2D eigenvalue weighted by Gasteiger charge is -2.40. The Kier molecular flexibility index (Phi) is 6.64. The third-order valence-electron chi connectivity index (χ3n) is 7.60. The molecular formula is C31H26F2N6O3. The number of carbonyl (C=O) groups excluding carboxylic acids is 1. The molecule has 5 aromatic rings. The summed E-state index contributed by atoms with van der Waals surface area (Å²) in [4.78, 5) is 43.0. The summed E-state index contributed by atoms with van der Waals surface area (Å²) in [7, 11) is 0. The molecule has 9 nitrogen and oxygen atoms in total. The van der Waals surface area contributed by atoms with E-state index in [0.717, 1.165) is 12.1 Å². The van der Waals surface area contributed by atoms with Crippen LogP contribution in [0.4, 0.5) is 14.6 Å². The zero-order chi connectivity index (χ0) is 29.7. The highest BCUT2D eigenvalue weighted by atomic mass is 19.1. The van der Waals surface area contributed by atoms with Gasteiger partial charge in [0.1, 0.15) is 23.1 Å². The summed E-state index contributed by atoms with van der Waals surface area (Å²) in [6, 6.07) is 11.7. The van der Waals surface area contributed by atoms with Gasteiger partial charge < -0.3 is 14.9 Å². The summed E-state index contributed by atoms with van der Waals surface area (Å²) >= 11 is 0. The van der Waals surface area contributed by atoms with Crippen molar-refractivity contribution in [1.82, 2.24) is 24.4 Å². The van der Waals surface area contributed by atoms with Crippen LogP contribution in [0.15, 0.2) is 72.2 Å². The molecule has 0 aliphatic carbocycles. The lowest BCUT2D eigenvalue weighted by atomic mass is 10.1. The van der Waals surface area contributed by atoms with Gasteiger partial charge in [-0.1, -0.05) is 18.7 Å². The predicted octanol–water partition coefficient (Wildman–Crippen LogP) is 4.51. The van der Waals surface area contributed by atoms with Crippen molar-refractivity contribution in [2.24, 2.45) is 0 Å². The van der Waals surface area contributed by atoms with Gasteiger partial charge in [-0.3, -0.25) is 9.78 Å². The molecule has 1 aliphatic heterocycles. The smallest absolute Gasteiger partial charge is 0.355 e. The molecule has 4 heterocycles. The maximum absolute atomic E-state index is 15.8. The normalized spacial score (nSPS) is 15.4. The molecular weight excluding hydrogens is 542 g/mol. The summed E-state index contributed by atoms with van der Waals surface area (Å²) in [5.74, 6) is -2.29. The molecule has 1 aliphatic rings. The topological polar surface area (TPSA) is 104 Å². The number of nitrogens with zero attached hydrogens (tertiary/aromatic N) is 6. The van der Waals surface area contributed by atoms with Gasteiger partial charge in [0, 0.05) is 37.3 Å². The van der Waals surface area contributed by atoms with Gasteiger partial charge in [-0.25, -0.2) is 23.1 Å². The molecule has 1 fully saturated rings. The van der Waals surface area contributed by atoms with Gasteiger partial charge in [-0.2, -0.15) is 4.98 Å². The third kappa shape index (κ3) is 4.33. The van der Waals surface area contributed by atoms with Crippen LogP contribution in [0.1, 0.15) is 12.5 Å². The maximum Gasteiger partial charge on any atom is 0.355 e. The van der Waals surface area contributed by atoms with E-state index in [0.29, 0.717) is 41.8 Å². The summed E-state index contributed by atoms with van der Waals surface area (Å²) in [5, 5.41) is 11.3. The highest BCUT2D eigenvalue weighted by Gasteiger charge is 2.30. The number of benzene rings is 2. The highest BCUT2D eigenvalue weighted by Crippen LogP contribution is 2.36. The van der Waals surface area contributed by atoms with Crippen molar-refractivity contribution in [3.8, 4) is 22.7 Å². The molecule has 3 aromatic heterocycles. The number of halogens is 2. The molecule has 1 saturated heterocycles. The minimum atomic E-state index is -0.902. The molecule has 6 rings (SSSR count). The van der Waals surface area contributed by atoms with Crippen LogP contribution >= 0.6 is 0 Å². The van der Waals surface area contributed by atoms with Crippen LogP contribution in [-0.4, -0.2) is 61.1 Å². The Morgan fingerprint density at radius 3 is 2.62 bits per heavy atom. The van der Waals surface area contributed by atoms with E-state index < -0.39 is 34.3 Å². The molecule has 0 bridgehead atoms. The van der Waals surface area contributed by atoms with Crippen molar-refractivity contribution in [2.75, 3.05) is 24.5 Å². The van der Waals surface area contributed by atoms with E-state index in [1.807, 2.05) is 36.9 Å². The Bertz CT molecular complexity index is 1950. The van der Waals surface area contributed by atoms with Crippen molar-refractivity contribution in [2.45, 2.75) is 19.9 Å². The second kappa shape index (κ2) is 10.3. The number of aromatic nitrogens is 4. The van der Waals surface area contributed by atoms with E-state index in [-0.39, 0.29) is 28.8 Å². The molecule has 1 amide bonds. The highest BCUT2D eigenvalue weighted by molar-refractivity contribution is 5.95. The fourth-order valence-electron chi connectivity index (χ4n) is 5.59. The number of fused-ring (bicyclic) bond motifs is 2. The molecule has 0 spiro atoms. The number of amides is 1. The molecule has 0 saturated carbocycles. The van der Waals surface area contributed by atoms with Gasteiger partial charge in [0.15, 0.2) is 11.5 Å². The summed E-state index contributed by atoms with van der Waals surface area (Å²) in [5.41, 5.74) is 0.251. The van der Waals surface area contributed by atoms with Crippen LogP contribution in [0.25, 0.3) is 38.9 Å². The fraction of sp³-hybridized carbons (Fsp3) is 0.194. The molecule has 1 atom stereocenters. The molecule has 212 valence electrons. The van der Waals surface area contributed by atoms with Crippen LogP contribution in [0.5, 0.6) is 5.75 Å². The Hall–Kier alpha value is -5.19. The first-order valence-corrected chi connectivity index (χ1v) is 13.3. The molecule has 42 heavy (non-hydrogen) atoms. The Morgan fingerprint density at radius 2 is 1.88 bits per heavy atom. The summed E-state index contributed by atoms with van der Waals surface area (Å²) in [6.07, 6.45) is 2.88. The lowest BCUT2D eigenvalue weighted by molar-refractivity contribution is -0.126. The molecule has 1 unspecified atom stereocenters. The molecule has 0 radical (unpaired) electrons. The zero-order valence-electron chi connectivity index (χ0n) is 22.9. The number of pyridine rings is 2. The Balaban J connectivity index is 1.67.